The van der Waals surface area contributed by atoms with Gasteiger partial charge in [0.1, 0.15) is 5.75 Å². The summed E-state index contributed by atoms with van der Waals surface area (Å²) in [5.41, 5.74) is 3.65. The van der Waals surface area contributed by atoms with Gasteiger partial charge in [0.05, 0.1) is 5.69 Å². The normalized spacial score (nSPS) is 11.8. The molecule has 0 saturated heterocycles. The van der Waals surface area contributed by atoms with Crippen LogP contribution in [0.15, 0.2) is 48.5 Å². The van der Waals surface area contributed by atoms with Crippen LogP contribution in [0.5, 0.6) is 5.75 Å². The fraction of sp³-hybridized carbons (Fsp3) is 0.455. The van der Waals surface area contributed by atoms with Crippen LogP contribution in [-0.2, 0) is 11.8 Å². The molecule has 0 aliphatic carbocycles. The van der Waals surface area contributed by atoms with E-state index >= 15 is 0 Å². The first-order valence-corrected chi connectivity index (χ1v) is 8.93. The molecule has 130 valence electrons. The predicted molar refractivity (Wildman–Crippen MR) is 104 cm³/mol. The highest BCUT2D eigenvalue weighted by molar-refractivity contribution is 5.60. The minimum absolute atomic E-state index is 0.0785. The van der Waals surface area contributed by atoms with Gasteiger partial charge in [0.25, 0.3) is 0 Å². The van der Waals surface area contributed by atoms with Gasteiger partial charge < -0.3 is 10.0 Å². The van der Waals surface area contributed by atoms with Crippen LogP contribution < -0.4 is 4.90 Å². The van der Waals surface area contributed by atoms with Gasteiger partial charge >= 0.3 is 0 Å². The second-order valence-electron chi connectivity index (χ2n) is 7.83. The monoisotopic (exact) mass is 325 g/mol. The lowest BCUT2D eigenvalue weighted by molar-refractivity contribution is 0.469. The Morgan fingerprint density at radius 2 is 1.67 bits per heavy atom. The van der Waals surface area contributed by atoms with E-state index in [0.717, 1.165) is 25.1 Å². The van der Waals surface area contributed by atoms with E-state index in [4.69, 9.17) is 0 Å². The summed E-state index contributed by atoms with van der Waals surface area (Å²) in [7, 11) is 0. The van der Waals surface area contributed by atoms with E-state index in [9.17, 15) is 5.11 Å². The van der Waals surface area contributed by atoms with Gasteiger partial charge in [-0.1, -0.05) is 57.2 Å². The van der Waals surface area contributed by atoms with Crippen molar-refractivity contribution in [3.05, 3.63) is 59.7 Å². The standard InChI is InChI=1S/C22H31NO/c1-17(2)23(15-9-12-18-10-7-6-8-11-18)20-16-19(22(3,4)5)13-14-21(20)24/h6-8,10-11,13-14,16-17,24H,9,12,15H2,1-5H3. The van der Waals surface area contributed by atoms with Crippen LogP contribution in [-0.4, -0.2) is 17.7 Å². The van der Waals surface area contributed by atoms with Crippen molar-refractivity contribution in [3.63, 3.8) is 0 Å². The van der Waals surface area contributed by atoms with Gasteiger partial charge in [-0.3, -0.25) is 0 Å². The molecule has 24 heavy (non-hydrogen) atoms. The smallest absolute Gasteiger partial charge is 0.138 e. The molecule has 2 nitrogen and oxygen atoms in total. The molecule has 2 aromatic rings. The number of anilines is 1. The molecule has 0 aliphatic heterocycles. The molecule has 0 saturated carbocycles. The number of nitrogens with zero attached hydrogens (tertiary/aromatic N) is 1. The maximum Gasteiger partial charge on any atom is 0.138 e. The molecule has 0 spiro atoms. The van der Waals surface area contributed by atoms with Gasteiger partial charge in [-0.05, 0) is 55.4 Å². The lowest BCUT2D eigenvalue weighted by Gasteiger charge is -2.31. The molecule has 2 rings (SSSR count). The number of phenols is 1. The molecule has 2 aromatic carbocycles. The number of aromatic hydroxyl groups is 1. The predicted octanol–water partition coefficient (Wildman–Crippen LogP) is 5.54. The van der Waals surface area contributed by atoms with Gasteiger partial charge in [-0.25, -0.2) is 0 Å². The fourth-order valence-electron chi connectivity index (χ4n) is 2.98. The van der Waals surface area contributed by atoms with Crippen molar-refractivity contribution in [2.75, 3.05) is 11.4 Å². The Morgan fingerprint density at radius 3 is 2.25 bits per heavy atom. The first-order valence-electron chi connectivity index (χ1n) is 8.93. The van der Waals surface area contributed by atoms with Gasteiger partial charge in [-0.2, -0.15) is 0 Å². The van der Waals surface area contributed by atoms with Gasteiger partial charge in [0.2, 0.25) is 0 Å². The SMILES string of the molecule is CC(C)N(CCCc1ccccc1)c1cc(C(C)(C)C)ccc1O. The summed E-state index contributed by atoms with van der Waals surface area (Å²) in [6.07, 6.45) is 2.13. The second-order valence-corrected chi connectivity index (χ2v) is 7.83. The van der Waals surface area contributed by atoms with Crippen LogP contribution >= 0.6 is 0 Å². The Kier molecular flexibility index (Phi) is 5.93. The molecule has 2 heteroatoms. The average molecular weight is 325 g/mol. The quantitative estimate of drug-likeness (QED) is 0.754. The molecule has 0 bridgehead atoms. The van der Waals surface area contributed by atoms with Crippen LogP contribution in [0, 0.1) is 0 Å². The second kappa shape index (κ2) is 7.74. The molecule has 0 fully saturated rings. The average Bonchev–Trinajstić information content (AvgIpc) is 2.52. The van der Waals surface area contributed by atoms with Gasteiger partial charge in [0.15, 0.2) is 0 Å². The van der Waals surface area contributed by atoms with Crippen molar-refractivity contribution in [1.82, 2.24) is 0 Å². The molecular weight excluding hydrogens is 294 g/mol. The first kappa shape index (κ1) is 18.4. The highest BCUT2D eigenvalue weighted by Crippen LogP contribution is 2.34. The number of hydrogen-bond acceptors (Lipinski definition) is 2. The third-order valence-corrected chi connectivity index (χ3v) is 4.48. The summed E-state index contributed by atoms with van der Waals surface area (Å²) in [6, 6.07) is 17.0. The van der Waals surface area contributed by atoms with Crippen molar-refractivity contribution < 1.29 is 5.11 Å². The van der Waals surface area contributed by atoms with E-state index in [1.807, 2.05) is 12.1 Å². The minimum Gasteiger partial charge on any atom is -0.506 e. The molecule has 0 radical (unpaired) electrons. The number of hydrogen-bond donors (Lipinski definition) is 1. The summed E-state index contributed by atoms with van der Waals surface area (Å²) < 4.78 is 0. The number of benzene rings is 2. The van der Waals surface area contributed by atoms with Crippen molar-refractivity contribution in [2.45, 2.75) is 58.9 Å². The molecule has 0 amide bonds. The Labute approximate surface area is 147 Å². The van der Waals surface area contributed by atoms with Gasteiger partial charge in [-0.15, -0.1) is 0 Å². The Morgan fingerprint density at radius 1 is 1.00 bits per heavy atom. The van der Waals surface area contributed by atoms with E-state index < -0.39 is 0 Å². The highest BCUT2D eigenvalue weighted by atomic mass is 16.3. The van der Waals surface area contributed by atoms with Crippen LogP contribution in [0.3, 0.4) is 0 Å². The van der Waals surface area contributed by atoms with Crippen molar-refractivity contribution in [1.29, 1.82) is 0 Å². The minimum atomic E-state index is 0.0785. The largest absolute Gasteiger partial charge is 0.506 e. The molecule has 0 aromatic heterocycles. The lowest BCUT2D eigenvalue weighted by Crippen LogP contribution is -2.32. The highest BCUT2D eigenvalue weighted by Gasteiger charge is 2.19. The van der Waals surface area contributed by atoms with Crippen LogP contribution in [0.1, 0.15) is 52.2 Å². The molecule has 0 atom stereocenters. The van der Waals surface area contributed by atoms with E-state index in [2.05, 4.69) is 75.9 Å². The van der Waals surface area contributed by atoms with E-state index in [0.29, 0.717) is 11.8 Å². The molecule has 1 N–H and O–H groups in total. The zero-order chi connectivity index (χ0) is 17.7. The van der Waals surface area contributed by atoms with E-state index in [1.54, 1.807) is 0 Å². The van der Waals surface area contributed by atoms with E-state index in [1.165, 1.54) is 11.1 Å². The maximum atomic E-state index is 10.4. The summed E-state index contributed by atoms with van der Waals surface area (Å²) >= 11 is 0. The maximum absolute atomic E-state index is 10.4. The van der Waals surface area contributed by atoms with Crippen molar-refractivity contribution in [2.24, 2.45) is 0 Å². The van der Waals surface area contributed by atoms with Gasteiger partial charge in [0, 0.05) is 12.6 Å². The third kappa shape index (κ3) is 4.77. The van der Waals surface area contributed by atoms with Crippen LogP contribution in [0.2, 0.25) is 0 Å². The molecule has 0 heterocycles. The number of phenolic OH excluding ortho intramolecular Hbond substituents is 1. The van der Waals surface area contributed by atoms with E-state index in [-0.39, 0.29) is 5.41 Å². The summed E-state index contributed by atoms with van der Waals surface area (Å²) in [5, 5.41) is 10.4. The third-order valence-electron chi connectivity index (χ3n) is 4.48. The number of rotatable bonds is 6. The summed E-state index contributed by atoms with van der Waals surface area (Å²) in [5.74, 6) is 0.372. The molecule has 0 aliphatic rings. The first-order chi connectivity index (χ1) is 11.3. The van der Waals surface area contributed by atoms with Crippen LogP contribution in [0.4, 0.5) is 5.69 Å². The lowest BCUT2D eigenvalue weighted by atomic mass is 9.86. The summed E-state index contributed by atoms with van der Waals surface area (Å²) in [6.45, 7) is 11.9. The molecule has 0 unspecified atom stereocenters. The zero-order valence-corrected chi connectivity index (χ0v) is 15.7. The van der Waals surface area contributed by atoms with Crippen LogP contribution in [0.25, 0.3) is 0 Å². The Hall–Kier alpha value is -1.96. The van der Waals surface area contributed by atoms with Crippen molar-refractivity contribution >= 4 is 5.69 Å². The fourth-order valence-corrected chi connectivity index (χ4v) is 2.98. The summed E-state index contributed by atoms with van der Waals surface area (Å²) in [4.78, 5) is 2.31. The Bertz CT molecular complexity index is 641. The topological polar surface area (TPSA) is 23.5 Å². The number of aryl methyl sites for hydroxylation is 1. The van der Waals surface area contributed by atoms with Crippen molar-refractivity contribution in [3.8, 4) is 5.75 Å². The zero-order valence-electron chi connectivity index (χ0n) is 15.7. The Balaban J connectivity index is 2.15. The molecular formula is C22H31NO.